The number of aliphatic carboxylic acids is 3. The summed E-state index contributed by atoms with van der Waals surface area (Å²) in [7, 11) is 0. The van der Waals surface area contributed by atoms with Gasteiger partial charge < -0.3 is 42.2 Å². The van der Waals surface area contributed by atoms with Gasteiger partial charge in [0.2, 0.25) is 11.8 Å². The van der Waals surface area contributed by atoms with Crippen LogP contribution in [0, 0.1) is 35.5 Å². The van der Waals surface area contributed by atoms with Crippen LogP contribution in [0.4, 0.5) is 0 Å². The minimum absolute atomic E-state index is 0.119. The van der Waals surface area contributed by atoms with E-state index in [0.717, 1.165) is 113 Å². The fraction of sp³-hybridized carbons (Fsp3) is 0.947. The first-order chi connectivity index (χ1) is 61.6. The van der Waals surface area contributed by atoms with Crippen molar-refractivity contribution >= 4 is 35.5 Å². The Morgan fingerprint density at radius 2 is 0.317 bits per heavy atom. The van der Waals surface area contributed by atoms with Gasteiger partial charge in [-0.15, -0.1) is 0 Å². The lowest BCUT2D eigenvalue weighted by atomic mass is 9.78. The first-order valence-electron chi connectivity index (χ1n) is 56.7. The van der Waals surface area contributed by atoms with Crippen LogP contribution in [0.25, 0.3) is 0 Å². The van der Waals surface area contributed by atoms with Gasteiger partial charge in [0, 0.05) is 64.7 Å². The molecule has 13 nitrogen and oxygen atoms in total. The molecule has 13 heteroatoms. The van der Waals surface area contributed by atoms with Crippen LogP contribution in [0.1, 0.15) is 626 Å². The average molecular weight is 1780 g/mol. The molecule has 9 N–H and O–H groups in total. The highest BCUT2D eigenvalue weighted by Crippen LogP contribution is 2.38. The zero-order valence-electron chi connectivity index (χ0n) is 85.9. The molecule has 126 heavy (non-hydrogen) atoms. The number of unbranched alkanes of at least 4 members (excludes halogenated alkanes) is 60. The van der Waals surface area contributed by atoms with Crippen LogP contribution in [-0.4, -0.2) is 77.0 Å². The molecule has 0 aromatic heterocycles. The van der Waals surface area contributed by atoms with Crippen molar-refractivity contribution in [3.8, 4) is 0 Å². The number of carbonyl (C=O) groups excluding carboxylic acids is 3. The van der Waals surface area contributed by atoms with Crippen LogP contribution >= 0.6 is 0 Å². The number of carbonyl (C=O) groups is 6. The van der Waals surface area contributed by atoms with Crippen LogP contribution < -0.4 is 22.1 Å². The molecule has 0 fully saturated rings. The van der Waals surface area contributed by atoms with Crippen molar-refractivity contribution in [2.24, 2.45) is 47.0 Å². The summed E-state index contributed by atoms with van der Waals surface area (Å²) < 4.78 is 0. The van der Waals surface area contributed by atoms with E-state index in [1.165, 1.54) is 469 Å². The molecule has 0 aliphatic rings. The quantitative estimate of drug-likeness (QED) is 0.0283. The second-order valence-corrected chi connectivity index (χ2v) is 40.0. The molecule has 0 aromatic rings. The molecular formula is C113H224N4O9. The van der Waals surface area contributed by atoms with Gasteiger partial charge in [0.25, 0.3) is 0 Å². The lowest BCUT2D eigenvalue weighted by Crippen LogP contribution is -2.34. The molecule has 0 saturated carbocycles. The summed E-state index contributed by atoms with van der Waals surface area (Å²) in [6, 6.07) is 0. The predicted octanol–water partition coefficient (Wildman–Crippen LogP) is 34.9. The standard InChI is InChI=1S/C75H146N2O5.C36H70O4.C2H8N2/c1-6-10-14-18-31-43-55-69(59-47-35-23-22-30-42-54-68(5)78)70(56-44-32-19-15-11-7-2)60-48-36-24-27-39-51-63-73(79)76-66-67-77-74(80)64-52-40-28-25-37-49-61-71(57-45-33-20-16-12-8-3)72(58-46-34-21-17-13-9-4)62-50-38-26-29-41-53-65-75(81)82;1-3-5-7-9-15-21-27-33(29-23-17-11-13-19-25-31-35(37)38)34(28-22-16-10-8-6-4-2)30-24-18-12-14-20-26-32-36(39)40;3-1-2-4/h69-72H,6-67H2,1-5H3,(H,76,79)(H,77,80)(H,81,82);33-34H,3-32H2,1-2H3,(H,37,38)(H,39,40);1-4H2. The molecule has 0 saturated heterocycles. The van der Waals surface area contributed by atoms with Crippen LogP contribution in [0.2, 0.25) is 0 Å². The van der Waals surface area contributed by atoms with E-state index in [1.54, 1.807) is 6.92 Å². The molecule has 0 aliphatic heterocycles. The molecule has 0 aliphatic carbocycles. The smallest absolute Gasteiger partial charge is 0.303 e. The molecule has 0 bridgehead atoms. The van der Waals surface area contributed by atoms with Crippen LogP contribution in [0.5, 0.6) is 0 Å². The van der Waals surface area contributed by atoms with E-state index in [9.17, 15) is 28.8 Å². The monoisotopic (exact) mass is 1780 g/mol. The van der Waals surface area contributed by atoms with Gasteiger partial charge in [-0.3, -0.25) is 24.0 Å². The maximum atomic E-state index is 12.7. The van der Waals surface area contributed by atoms with Crippen molar-refractivity contribution in [1.82, 2.24) is 10.6 Å². The van der Waals surface area contributed by atoms with E-state index in [4.69, 9.17) is 26.8 Å². The van der Waals surface area contributed by atoms with Crippen molar-refractivity contribution in [1.29, 1.82) is 0 Å². The van der Waals surface area contributed by atoms with E-state index in [2.05, 4.69) is 52.2 Å². The molecule has 6 atom stereocenters. The number of carboxylic acids is 3. The minimum atomic E-state index is -0.660. The molecule has 0 radical (unpaired) electrons. The largest absolute Gasteiger partial charge is 0.481 e. The topological polar surface area (TPSA) is 239 Å². The highest BCUT2D eigenvalue weighted by molar-refractivity contribution is 5.77. The first-order valence-corrected chi connectivity index (χ1v) is 56.7. The maximum Gasteiger partial charge on any atom is 0.303 e. The van der Waals surface area contributed by atoms with Crippen molar-refractivity contribution in [3.63, 3.8) is 0 Å². The van der Waals surface area contributed by atoms with E-state index < -0.39 is 17.9 Å². The molecule has 750 valence electrons. The SMILES string of the molecule is CCCCCCCCC(CCCCCCCCC(=O)O)C(CCCCCCCC)CCCCCCCCC(=O)O.CCCCCCCCC(CCCCCCCCC(C)=O)C(CCCCCCCC)CCCCCCCCC(=O)NCCNC(=O)CCCCCCCCC(CCCCCCCC)C(CCCCCCCC)CCCCCCCCC(=O)O.NCCN. The van der Waals surface area contributed by atoms with Gasteiger partial charge in [-0.25, -0.2) is 0 Å². The Bertz CT molecular complexity index is 2070. The van der Waals surface area contributed by atoms with Crippen molar-refractivity contribution in [2.75, 3.05) is 26.2 Å². The Hall–Kier alpha value is -3.06. The lowest BCUT2D eigenvalue weighted by Gasteiger charge is -2.28. The van der Waals surface area contributed by atoms with Crippen molar-refractivity contribution in [3.05, 3.63) is 0 Å². The van der Waals surface area contributed by atoms with Gasteiger partial charge >= 0.3 is 17.9 Å². The second-order valence-electron chi connectivity index (χ2n) is 40.0. The summed E-state index contributed by atoms with van der Waals surface area (Å²) in [4.78, 5) is 69.0. The van der Waals surface area contributed by atoms with Gasteiger partial charge in [0.15, 0.2) is 0 Å². The third-order valence-electron chi connectivity index (χ3n) is 28.0. The third kappa shape index (κ3) is 101. The third-order valence-corrected chi connectivity index (χ3v) is 28.0. The predicted molar refractivity (Wildman–Crippen MR) is 548 cm³/mol. The molecule has 0 rings (SSSR count). The summed E-state index contributed by atoms with van der Waals surface area (Å²) in [5, 5.41) is 32.8. The minimum Gasteiger partial charge on any atom is -0.481 e. The highest BCUT2D eigenvalue weighted by Gasteiger charge is 2.25. The fourth-order valence-electron chi connectivity index (χ4n) is 19.9. The van der Waals surface area contributed by atoms with Crippen LogP contribution in [-0.2, 0) is 28.8 Å². The van der Waals surface area contributed by atoms with E-state index in [-0.39, 0.29) is 11.8 Å². The number of carboxylic acid groups (broad SMARTS) is 3. The average Bonchev–Trinajstić information content (AvgIpc) is 0.924. The van der Waals surface area contributed by atoms with E-state index in [1.807, 2.05) is 0 Å². The molecular weight excluding hydrogens is 1560 g/mol. The van der Waals surface area contributed by atoms with Gasteiger partial charge in [0.1, 0.15) is 5.78 Å². The Kier molecular flexibility index (Phi) is 108. The van der Waals surface area contributed by atoms with Gasteiger partial charge in [-0.2, -0.15) is 0 Å². The number of nitrogens with two attached hydrogens (primary N) is 2. The van der Waals surface area contributed by atoms with E-state index in [0.29, 0.717) is 64.1 Å². The zero-order chi connectivity index (χ0) is 92.8. The maximum absolute atomic E-state index is 12.7. The number of rotatable bonds is 103. The fourth-order valence-corrected chi connectivity index (χ4v) is 19.9. The molecule has 6 unspecified atom stereocenters. The first kappa shape index (κ1) is 127. The summed E-state index contributed by atoms with van der Waals surface area (Å²) in [5.41, 5.74) is 9.81. The number of ketones is 1. The zero-order valence-corrected chi connectivity index (χ0v) is 85.9. The lowest BCUT2D eigenvalue weighted by molar-refractivity contribution is -0.138. The number of hydrogen-bond donors (Lipinski definition) is 7. The molecule has 2 amide bonds. The Labute approximate surface area is 785 Å². The van der Waals surface area contributed by atoms with Gasteiger partial charge in [-0.05, 0) is 81.0 Å². The van der Waals surface area contributed by atoms with Crippen LogP contribution in [0.15, 0.2) is 0 Å². The van der Waals surface area contributed by atoms with E-state index >= 15 is 0 Å². The molecule has 0 heterocycles. The normalized spacial score (nSPS) is 12.9. The summed E-state index contributed by atoms with van der Waals surface area (Å²) in [5.74, 6) is 3.86. The molecule has 0 spiro atoms. The van der Waals surface area contributed by atoms with Gasteiger partial charge in [-0.1, -0.05) is 542 Å². The molecule has 0 aromatic carbocycles. The van der Waals surface area contributed by atoms with Gasteiger partial charge in [0.05, 0.1) is 0 Å². The Balaban J connectivity index is -0.00000285. The summed E-state index contributed by atoms with van der Waals surface area (Å²) in [6.45, 7) is 17.8. The number of nitrogens with one attached hydrogen (secondary N) is 2. The number of hydrogen-bond acceptors (Lipinski definition) is 8. The summed E-state index contributed by atoms with van der Waals surface area (Å²) in [6.07, 6.45) is 113. The van der Waals surface area contributed by atoms with Crippen LogP contribution in [0.3, 0.4) is 0 Å². The Morgan fingerprint density at radius 1 is 0.190 bits per heavy atom. The number of Topliss-reactive ketones (excluding diaryl/α,β-unsaturated/α-hetero) is 1. The second kappa shape index (κ2) is 107. The van der Waals surface area contributed by atoms with Crippen molar-refractivity contribution in [2.45, 2.75) is 626 Å². The highest BCUT2D eigenvalue weighted by atomic mass is 16.4. The summed E-state index contributed by atoms with van der Waals surface area (Å²) >= 11 is 0. The number of amides is 2. The Morgan fingerprint density at radius 3 is 0.452 bits per heavy atom. The van der Waals surface area contributed by atoms with Crippen molar-refractivity contribution < 1.29 is 44.1 Å².